The van der Waals surface area contributed by atoms with E-state index in [1.165, 1.54) is 11.1 Å². The standard InChI is InChI=1S/C16H27NO/c1-12(11-17-16(3,4)5)9-14-7-8-15(18-6)10-13(14)2/h7-8,10,12,17H,9,11H2,1-6H3. The molecule has 0 aliphatic heterocycles. The van der Waals surface area contributed by atoms with Crippen molar-refractivity contribution < 1.29 is 4.74 Å². The van der Waals surface area contributed by atoms with Gasteiger partial charge >= 0.3 is 0 Å². The molecular formula is C16H27NO. The van der Waals surface area contributed by atoms with Gasteiger partial charge in [0.15, 0.2) is 0 Å². The number of hydrogen-bond acceptors (Lipinski definition) is 2. The fraction of sp³-hybridized carbons (Fsp3) is 0.625. The van der Waals surface area contributed by atoms with Crippen LogP contribution in [-0.2, 0) is 6.42 Å². The predicted octanol–water partition coefficient (Wildman–Crippen LogP) is 3.57. The first kappa shape index (κ1) is 15.0. The number of hydrogen-bond donors (Lipinski definition) is 1. The first-order valence-corrected chi connectivity index (χ1v) is 6.70. The highest BCUT2D eigenvalue weighted by Crippen LogP contribution is 2.19. The van der Waals surface area contributed by atoms with E-state index in [-0.39, 0.29) is 5.54 Å². The molecule has 1 atom stereocenters. The smallest absolute Gasteiger partial charge is 0.119 e. The van der Waals surface area contributed by atoms with E-state index >= 15 is 0 Å². The number of rotatable bonds is 5. The Bertz CT molecular complexity index is 379. The molecule has 1 rings (SSSR count). The zero-order valence-corrected chi connectivity index (χ0v) is 12.6. The van der Waals surface area contributed by atoms with Crippen LogP contribution in [0.3, 0.4) is 0 Å². The third-order valence-corrected chi connectivity index (χ3v) is 3.10. The van der Waals surface area contributed by atoms with Crippen LogP contribution in [0.5, 0.6) is 5.75 Å². The topological polar surface area (TPSA) is 21.3 Å². The minimum atomic E-state index is 0.198. The zero-order valence-electron chi connectivity index (χ0n) is 12.6. The Kier molecular flexibility index (Phi) is 5.21. The van der Waals surface area contributed by atoms with Crippen molar-refractivity contribution in [2.45, 2.75) is 46.6 Å². The van der Waals surface area contributed by atoms with E-state index in [2.05, 4.69) is 52.1 Å². The fourth-order valence-electron chi connectivity index (χ4n) is 1.95. The molecule has 0 aliphatic carbocycles. The van der Waals surface area contributed by atoms with Gasteiger partial charge in [-0.25, -0.2) is 0 Å². The van der Waals surface area contributed by atoms with Crippen molar-refractivity contribution in [3.8, 4) is 5.75 Å². The number of benzene rings is 1. The lowest BCUT2D eigenvalue weighted by Crippen LogP contribution is -2.39. The molecule has 2 heteroatoms. The van der Waals surface area contributed by atoms with Gasteiger partial charge in [-0.3, -0.25) is 0 Å². The Labute approximate surface area is 112 Å². The summed E-state index contributed by atoms with van der Waals surface area (Å²) in [6.45, 7) is 12.1. The Balaban J connectivity index is 2.56. The van der Waals surface area contributed by atoms with Crippen LogP contribution >= 0.6 is 0 Å². The molecule has 0 fully saturated rings. The van der Waals surface area contributed by atoms with Gasteiger partial charge in [-0.15, -0.1) is 0 Å². The molecule has 0 saturated heterocycles. The lowest BCUT2D eigenvalue weighted by atomic mass is 9.96. The van der Waals surface area contributed by atoms with Crippen molar-refractivity contribution in [1.29, 1.82) is 0 Å². The molecule has 1 N–H and O–H groups in total. The Morgan fingerprint density at radius 2 is 1.94 bits per heavy atom. The third kappa shape index (κ3) is 5.09. The van der Waals surface area contributed by atoms with Crippen LogP contribution in [0.25, 0.3) is 0 Å². The molecule has 0 heterocycles. The summed E-state index contributed by atoms with van der Waals surface area (Å²) >= 11 is 0. The summed E-state index contributed by atoms with van der Waals surface area (Å²) in [6, 6.07) is 6.34. The summed E-state index contributed by atoms with van der Waals surface area (Å²) in [6.07, 6.45) is 1.11. The molecule has 1 unspecified atom stereocenters. The van der Waals surface area contributed by atoms with Crippen molar-refractivity contribution >= 4 is 0 Å². The Morgan fingerprint density at radius 1 is 1.28 bits per heavy atom. The maximum absolute atomic E-state index is 5.23. The maximum atomic E-state index is 5.23. The Morgan fingerprint density at radius 3 is 2.44 bits per heavy atom. The molecule has 102 valence electrons. The SMILES string of the molecule is COc1ccc(CC(C)CNC(C)(C)C)c(C)c1. The van der Waals surface area contributed by atoms with E-state index < -0.39 is 0 Å². The second kappa shape index (κ2) is 6.24. The number of ether oxygens (including phenoxy) is 1. The van der Waals surface area contributed by atoms with Crippen molar-refractivity contribution in [2.24, 2.45) is 5.92 Å². The summed E-state index contributed by atoms with van der Waals surface area (Å²) in [4.78, 5) is 0. The third-order valence-electron chi connectivity index (χ3n) is 3.10. The number of methoxy groups -OCH3 is 1. The molecule has 0 amide bonds. The van der Waals surface area contributed by atoms with E-state index in [0.717, 1.165) is 18.7 Å². The summed E-state index contributed by atoms with van der Waals surface area (Å²) in [5.41, 5.74) is 2.93. The van der Waals surface area contributed by atoms with E-state index in [1.54, 1.807) is 7.11 Å². The van der Waals surface area contributed by atoms with E-state index in [0.29, 0.717) is 5.92 Å². The lowest BCUT2D eigenvalue weighted by Gasteiger charge is -2.23. The van der Waals surface area contributed by atoms with Crippen molar-refractivity contribution in [2.75, 3.05) is 13.7 Å². The summed E-state index contributed by atoms with van der Waals surface area (Å²) in [5, 5.41) is 3.56. The van der Waals surface area contributed by atoms with Crippen molar-refractivity contribution in [3.05, 3.63) is 29.3 Å². The first-order valence-electron chi connectivity index (χ1n) is 6.70. The predicted molar refractivity (Wildman–Crippen MR) is 78.4 cm³/mol. The van der Waals surface area contributed by atoms with E-state index in [4.69, 9.17) is 4.74 Å². The summed E-state index contributed by atoms with van der Waals surface area (Å²) < 4.78 is 5.23. The van der Waals surface area contributed by atoms with Crippen LogP contribution in [0.15, 0.2) is 18.2 Å². The number of aryl methyl sites for hydroxylation is 1. The quantitative estimate of drug-likeness (QED) is 0.861. The molecule has 0 radical (unpaired) electrons. The summed E-state index contributed by atoms with van der Waals surface area (Å²) in [5.74, 6) is 1.58. The van der Waals surface area contributed by atoms with Gasteiger partial charge in [0, 0.05) is 5.54 Å². The second-order valence-corrected chi connectivity index (χ2v) is 6.23. The van der Waals surface area contributed by atoms with Crippen LogP contribution in [-0.4, -0.2) is 19.2 Å². The van der Waals surface area contributed by atoms with Gasteiger partial charge in [0.25, 0.3) is 0 Å². The minimum Gasteiger partial charge on any atom is -0.497 e. The van der Waals surface area contributed by atoms with E-state index in [9.17, 15) is 0 Å². The van der Waals surface area contributed by atoms with Crippen LogP contribution in [0.4, 0.5) is 0 Å². The molecule has 0 saturated carbocycles. The van der Waals surface area contributed by atoms with Crippen molar-refractivity contribution in [1.82, 2.24) is 5.32 Å². The van der Waals surface area contributed by atoms with Crippen LogP contribution in [0.1, 0.15) is 38.8 Å². The highest BCUT2D eigenvalue weighted by atomic mass is 16.5. The highest BCUT2D eigenvalue weighted by molar-refractivity contribution is 5.34. The molecule has 0 aromatic heterocycles. The molecule has 18 heavy (non-hydrogen) atoms. The van der Waals surface area contributed by atoms with Crippen LogP contribution in [0.2, 0.25) is 0 Å². The molecule has 2 nitrogen and oxygen atoms in total. The highest BCUT2D eigenvalue weighted by Gasteiger charge is 2.12. The van der Waals surface area contributed by atoms with E-state index in [1.807, 2.05) is 6.07 Å². The van der Waals surface area contributed by atoms with Gasteiger partial charge in [-0.1, -0.05) is 13.0 Å². The van der Waals surface area contributed by atoms with Crippen LogP contribution < -0.4 is 10.1 Å². The van der Waals surface area contributed by atoms with Crippen molar-refractivity contribution in [3.63, 3.8) is 0 Å². The molecule has 0 spiro atoms. The average Bonchev–Trinajstić information content (AvgIpc) is 2.28. The summed E-state index contributed by atoms with van der Waals surface area (Å²) in [7, 11) is 1.71. The van der Waals surface area contributed by atoms with Crippen LogP contribution in [0, 0.1) is 12.8 Å². The molecule has 0 bridgehead atoms. The molecule has 1 aromatic carbocycles. The van der Waals surface area contributed by atoms with Gasteiger partial charge in [0.1, 0.15) is 5.75 Å². The minimum absolute atomic E-state index is 0.198. The molecule has 1 aromatic rings. The normalized spacial score (nSPS) is 13.4. The monoisotopic (exact) mass is 249 g/mol. The first-order chi connectivity index (χ1) is 8.31. The fourth-order valence-corrected chi connectivity index (χ4v) is 1.95. The maximum Gasteiger partial charge on any atom is 0.119 e. The number of nitrogens with one attached hydrogen (secondary N) is 1. The molecular weight excluding hydrogens is 222 g/mol. The van der Waals surface area contributed by atoms with Gasteiger partial charge in [0.2, 0.25) is 0 Å². The average molecular weight is 249 g/mol. The molecule has 0 aliphatic rings. The zero-order chi connectivity index (χ0) is 13.8. The second-order valence-electron chi connectivity index (χ2n) is 6.23. The Hall–Kier alpha value is -1.02. The van der Waals surface area contributed by atoms with Gasteiger partial charge < -0.3 is 10.1 Å². The largest absolute Gasteiger partial charge is 0.497 e. The lowest BCUT2D eigenvalue weighted by molar-refractivity contribution is 0.381. The van der Waals surface area contributed by atoms with Gasteiger partial charge in [-0.2, -0.15) is 0 Å². The van der Waals surface area contributed by atoms with Gasteiger partial charge in [-0.05, 0) is 69.8 Å². The van der Waals surface area contributed by atoms with Gasteiger partial charge in [0.05, 0.1) is 7.11 Å².